The first kappa shape index (κ1) is 6.37. The Morgan fingerprint density at radius 3 is 3.00 bits per heavy atom. The maximum absolute atomic E-state index is 11.0. The molecule has 0 saturated heterocycles. The van der Waals surface area contributed by atoms with Crippen molar-refractivity contribution < 1.29 is 9.63 Å². The fourth-order valence-electron chi connectivity index (χ4n) is 1.11. The van der Waals surface area contributed by atoms with Crippen molar-refractivity contribution in [3.05, 3.63) is 35.4 Å². The molecule has 1 aromatic rings. The van der Waals surface area contributed by atoms with Gasteiger partial charge in [0, 0.05) is 0 Å². The number of hydrogen-bond acceptors (Lipinski definition) is 3. The molecule has 0 fully saturated rings. The van der Waals surface area contributed by atoms with Crippen LogP contribution >= 0.6 is 0 Å². The van der Waals surface area contributed by atoms with E-state index >= 15 is 0 Å². The quantitative estimate of drug-likeness (QED) is 0.594. The fourth-order valence-corrected chi connectivity index (χ4v) is 1.11. The Kier molecular flexibility index (Phi) is 1.36. The molecule has 0 aliphatic carbocycles. The molecule has 0 spiro atoms. The molecule has 0 saturated carbocycles. The lowest BCUT2D eigenvalue weighted by molar-refractivity contribution is 0.0188. The lowest BCUT2D eigenvalue weighted by Crippen LogP contribution is -2.26. The van der Waals surface area contributed by atoms with Gasteiger partial charge >= 0.3 is 5.97 Å². The van der Waals surface area contributed by atoms with Crippen molar-refractivity contribution in [2.45, 2.75) is 6.54 Å². The number of nitrogens with one attached hydrogen (secondary N) is 1. The first-order valence-corrected chi connectivity index (χ1v) is 3.40. The second-order valence-corrected chi connectivity index (χ2v) is 2.37. The highest BCUT2D eigenvalue weighted by Gasteiger charge is 2.16. The highest BCUT2D eigenvalue weighted by atomic mass is 16.7. The molecule has 2 rings (SSSR count). The Hall–Kier alpha value is -1.35. The van der Waals surface area contributed by atoms with Crippen LogP contribution < -0.4 is 5.48 Å². The zero-order chi connectivity index (χ0) is 7.68. The van der Waals surface area contributed by atoms with E-state index in [1.54, 1.807) is 6.07 Å². The van der Waals surface area contributed by atoms with E-state index in [0.29, 0.717) is 12.1 Å². The number of rotatable bonds is 0. The maximum atomic E-state index is 11.0. The minimum absolute atomic E-state index is 0.299. The van der Waals surface area contributed by atoms with E-state index in [1.165, 1.54) is 0 Å². The Bertz CT molecular complexity index is 296. The first-order valence-electron chi connectivity index (χ1n) is 3.40. The van der Waals surface area contributed by atoms with Gasteiger partial charge in [-0.25, -0.2) is 4.79 Å². The van der Waals surface area contributed by atoms with Crippen LogP contribution in [0.4, 0.5) is 0 Å². The van der Waals surface area contributed by atoms with Gasteiger partial charge in [-0.2, -0.15) is 0 Å². The average molecular weight is 149 g/mol. The smallest absolute Gasteiger partial charge is 0.357 e. The second kappa shape index (κ2) is 2.36. The van der Waals surface area contributed by atoms with E-state index in [1.807, 2.05) is 18.2 Å². The summed E-state index contributed by atoms with van der Waals surface area (Å²) in [5.74, 6) is -0.299. The summed E-state index contributed by atoms with van der Waals surface area (Å²) in [7, 11) is 0. The average Bonchev–Trinajstić information content (AvgIpc) is 2.06. The predicted octanol–water partition coefficient (Wildman–Crippen LogP) is 0.862. The van der Waals surface area contributed by atoms with Gasteiger partial charge < -0.3 is 4.84 Å². The molecule has 1 heterocycles. The van der Waals surface area contributed by atoms with Gasteiger partial charge in [-0.05, 0) is 11.6 Å². The molecule has 0 bridgehead atoms. The Balaban J connectivity index is 2.52. The maximum Gasteiger partial charge on any atom is 0.357 e. The van der Waals surface area contributed by atoms with Crippen LogP contribution in [0.1, 0.15) is 15.9 Å². The molecule has 0 radical (unpaired) electrons. The van der Waals surface area contributed by atoms with Gasteiger partial charge in [0.1, 0.15) is 0 Å². The van der Waals surface area contributed by atoms with E-state index in [-0.39, 0.29) is 5.97 Å². The highest BCUT2D eigenvalue weighted by Crippen LogP contribution is 2.12. The van der Waals surface area contributed by atoms with Crippen LogP contribution in [0.25, 0.3) is 0 Å². The summed E-state index contributed by atoms with van der Waals surface area (Å²) in [6.45, 7) is 0.599. The van der Waals surface area contributed by atoms with Crippen molar-refractivity contribution in [2.75, 3.05) is 0 Å². The minimum Gasteiger partial charge on any atom is -0.366 e. The normalized spacial score (nSPS) is 15.5. The first-order chi connectivity index (χ1) is 5.38. The zero-order valence-corrected chi connectivity index (χ0v) is 5.83. The molecule has 11 heavy (non-hydrogen) atoms. The van der Waals surface area contributed by atoms with Gasteiger partial charge in [-0.3, -0.25) is 0 Å². The van der Waals surface area contributed by atoms with Crippen LogP contribution in [0.5, 0.6) is 0 Å². The molecule has 56 valence electrons. The Labute approximate surface area is 63.9 Å². The molecule has 3 nitrogen and oxygen atoms in total. The summed E-state index contributed by atoms with van der Waals surface area (Å²) in [4.78, 5) is 15.6. The molecule has 1 aliphatic heterocycles. The van der Waals surface area contributed by atoms with Gasteiger partial charge in [0.05, 0.1) is 12.1 Å². The Morgan fingerprint density at radius 2 is 2.18 bits per heavy atom. The number of carbonyl (C=O) groups excluding carboxylic acids is 1. The molecule has 1 aromatic carbocycles. The summed E-state index contributed by atoms with van der Waals surface area (Å²) in [5, 5.41) is 0. The standard InChI is InChI=1S/C8H7NO2/c10-8-7-4-2-1-3-6(7)5-9-11-8/h1-4,9H,5H2. The fraction of sp³-hybridized carbons (Fsp3) is 0.125. The van der Waals surface area contributed by atoms with Crippen LogP contribution in [0, 0.1) is 0 Å². The molecule has 1 N–H and O–H groups in total. The molecule has 0 atom stereocenters. The monoisotopic (exact) mass is 149 g/mol. The predicted molar refractivity (Wildman–Crippen MR) is 38.7 cm³/mol. The third-order valence-corrected chi connectivity index (χ3v) is 1.66. The molecule has 3 heteroatoms. The molecule has 1 aliphatic rings. The van der Waals surface area contributed by atoms with Crippen molar-refractivity contribution in [3.8, 4) is 0 Å². The molecular weight excluding hydrogens is 142 g/mol. The van der Waals surface area contributed by atoms with Crippen LogP contribution in [0.3, 0.4) is 0 Å². The van der Waals surface area contributed by atoms with E-state index < -0.39 is 0 Å². The second-order valence-electron chi connectivity index (χ2n) is 2.37. The topological polar surface area (TPSA) is 38.3 Å². The van der Waals surface area contributed by atoms with E-state index in [9.17, 15) is 4.79 Å². The highest BCUT2D eigenvalue weighted by molar-refractivity contribution is 5.91. The van der Waals surface area contributed by atoms with Crippen molar-refractivity contribution in [3.63, 3.8) is 0 Å². The summed E-state index contributed by atoms with van der Waals surface area (Å²) in [6, 6.07) is 7.39. The molecule has 0 aromatic heterocycles. The summed E-state index contributed by atoms with van der Waals surface area (Å²) < 4.78 is 0. The van der Waals surface area contributed by atoms with Crippen LogP contribution in [-0.4, -0.2) is 5.97 Å². The summed E-state index contributed by atoms with van der Waals surface area (Å²) in [5.41, 5.74) is 4.19. The van der Waals surface area contributed by atoms with E-state index in [4.69, 9.17) is 0 Å². The SMILES string of the molecule is O=C1ONCc2ccccc21. The largest absolute Gasteiger partial charge is 0.366 e. The minimum atomic E-state index is -0.299. The molecular formula is C8H7NO2. The van der Waals surface area contributed by atoms with Crippen LogP contribution in [0.2, 0.25) is 0 Å². The van der Waals surface area contributed by atoms with Gasteiger partial charge in [0.2, 0.25) is 0 Å². The van der Waals surface area contributed by atoms with Crippen molar-refractivity contribution in [1.29, 1.82) is 0 Å². The van der Waals surface area contributed by atoms with Crippen LogP contribution in [0.15, 0.2) is 24.3 Å². The summed E-state index contributed by atoms with van der Waals surface area (Å²) >= 11 is 0. The lowest BCUT2D eigenvalue weighted by atomic mass is 10.1. The number of hydroxylamine groups is 1. The molecule has 0 amide bonds. The van der Waals surface area contributed by atoms with Crippen molar-refractivity contribution in [2.24, 2.45) is 0 Å². The van der Waals surface area contributed by atoms with Gasteiger partial charge in [-0.15, -0.1) is 5.48 Å². The number of benzene rings is 1. The summed E-state index contributed by atoms with van der Waals surface area (Å²) in [6.07, 6.45) is 0. The van der Waals surface area contributed by atoms with Crippen molar-refractivity contribution >= 4 is 5.97 Å². The Morgan fingerprint density at radius 1 is 1.36 bits per heavy atom. The van der Waals surface area contributed by atoms with Gasteiger partial charge in [0.15, 0.2) is 0 Å². The third kappa shape index (κ3) is 0.991. The van der Waals surface area contributed by atoms with Crippen molar-refractivity contribution in [1.82, 2.24) is 5.48 Å². The molecule has 0 unspecified atom stereocenters. The number of carbonyl (C=O) groups is 1. The van der Waals surface area contributed by atoms with Gasteiger partial charge in [0.25, 0.3) is 0 Å². The number of fused-ring (bicyclic) bond motifs is 1. The third-order valence-electron chi connectivity index (χ3n) is 1.66. The number of hydrogen-bond donors (Lipinski definition) is 1. The van der Waals surface area contributed by atoms with E-state index in [0.717, 1.165) is 5.56 Å². The zero-order valence-electron chi connectivity index (χ0n) is 5.83. The van der Waals surface area contributed by atoms with E-state index in [2.05, 4.69) is 10.3 Å². The van der Waals surface area contributed by atoms with Gasteiger partial charge in [-0.1, -0.05) is 18.2 Å². The lowest BCUT2D eigenvalue weighted by Gasteiger charge is -2.14. The van der Waals surface area contributed by atoms with Crippen LogP contribution in [-0.2, 0) is 11.4 Å².